The fourth-order valence-electron chi connectivity index (χ4n) is 1.70. The lowest BCUT2D eigenvalue weighted by molar-refractivity contribution is -0.119. The third kappa shape index (κ3) is 4.57. The van der Waals surface area contributed by atoms with Crippen LogP contribution in [-0.2, 0) is 11.2 Å². The van der Waals surface area contributed by atoms with Crippen molar-refractivity contribution in [1.29, 1.82) is 0 Å². The molecule has 1 rings (SSSR count). The number of carbonyl (C=O) groups is 1. The number of carbonyl (C=O) groups excluding carboxylic acids is 1. The van der Waals surface area contributed by atoms with E-state index >= 15 is 0 Å². The summed E-state index contributed by atoms with van der Waals surface area (Å²) in [6.45, 7) is 2.10. The van der Waals surface area contributed by atoms with E-state index in [1.165, 1.54) is 0 Å². The predicted molar refractivity (Wildman–Crippen MR) is 69.2 cm³/mol. The molecule has 0 saturated carbocycles. The minimum absolute atomic E-state index is 0.103. The van der Waals surface area contributed by atoms with Crippen LogP contribution in [0.15, 0.2) is 24.3 Å². The molecule has 94 valence electrons. The van der Waals surface area contributed by atoms with Gasteiger partial charge in [0.05, 0.1) is 13.2 Å². The first-order valence-corrected chi connectivity index (χ1v) is 6.08. The molecule has 0 aliphatic carbocycles. The summed E-state index contributed by atoms with van der Waals surface area (Å²) < 4.78 is 5.12. The fraction of sp³-hybridized carbons (Fsp3) is 0.500. The van der Waals surface area contributed by atoms with Crippen molar-refractivity contribution in [2.24, 2.45) is 5.73 Å². The van der Waals surface area contributed by atoms with Crippen LogP contribution in [0.5, 0.6) is 5.75 Å². The van der Waals surface area contributed by atoms with Crippen LogP contribution in [0.4, 0.5) is 0 Å². The first kappa shape index (κ1) is 13.7. The van der Waals surface area contributed by atoms with Gasteiger partial charge in [-0.15, -0.1) is 0 Å². The minimum Gasteiger partial charge on any atom is -0.497 e. The van der Waals surface area contributed by atoms with Gasteiger partial charge < -0.3 is 10.5 Å². The van der Waals surface area contributed by atoms with E-state index in [9.17, 15) is 4.79 Å². The first-order chi connectivity index (χ1) is 8.17. The van der Waals surface area contributed by atoms with Gasteiger partial charge in [-0.25, -0.2) is 0 Å². The second-order valence-corrected chi connectivity index (χ2v) is 4.24. The number of ether oxygens (including phenoxy) is 1. The molecule has 0 bridgehead atoms. The van der Waals surface area contributed by atoms with E-state index in [4.69, 9.17) is 10.5 Å². The number of benzene rings is 1. The molecule has 1 unspecified atom stereocenters. The van der Waals surface area contributed by atoms with Crippen molar-refractivity contribution < 1.29 is 9.53 Å². The molecule has 3 nitrogen and oxygen atoms in total. The van der Waals surface area contributed by atoms with Crippen LogP contribution in [0.3, 0.4) is 0 Å². The molecule has 17 heavy (non-hydrogen) atoms. The number of ketones is 1. The van der Waals surface area contributed by atoms with Crippen molar-refractivity contribution in [3.05, 3.63) is 29.8 Å². The molecule has 0 aromatic heterocycles. The van der Waals surface area contributed by atoms with Crippen LogP contribution < -0.4 is 10.5 Å². The van der Waals surface area contributed by atoms with Gasteiger partial charge in [0.1, 0.15) is 5.75 Å². The van der Waals surface area contributed by atoms with Crippen molar-refractivity contribution in [3.63, 3.8) is 0 Å². The highest BCUT2D eigenvalue weighted by molar-refractivity contribution is 5.85. The molecule has 1 atom stereocenters. The van der Waals surface area contributed by atoms with Crippen LogP contribution >= 0.6 is 0 Å². The molecular weight excluding hydrogens is 214 g/mol. The molecule has 2 N–H and O–H groups in total. The Kier molecular flexibility index (Phi) is 5.70. The van der Waals surface area contributed by atoms with Crippen molar-refractivity contribution in [2.45, 2.75) is 38.6 Å². The molecule has 0 saturated heterocycles. The number of unbranched alkanes of at least 4 members (excludes halogenated alkanes) is 1. The van der Waals surface area contributed by atoms with Gasteiger partial charge in [0.15, 0.2) is 5.78 Å². The number of methoxy groups -OCH3 is 1. The van der Waals surface area contributed by atoms with Crippen LogP contribution in [-0.4, -0.2) is 18.9 Å². The fourth-order valence-corrected chi connectivity index (χ4v) is 1.70. The Morgan fingerprint density at radius 3 is 2.88 bits per heavy atom. The minimum atomic E-state index is -0.332. The average molecular weight is 235 g/mol. The molecule has 0 heterocycles. The summed E-state index contributed by atoms with van der Waals surface area (Å²) in [5.41, 5.74) is 6.80. The van der Waals surface area contributed by atoms with Crippen molar-refractivity contribution in [3.8, 4) is 5.75 Å². The predicted octanol–water partition coefficient (Wildman–Crippen LogP) is 2.32. The van der Waals surface area contributed by atoms with Gasteiger partial charge in [0.2, 0.25) is 0 Å². The van der Waals surface area contributed by atoms with E-state index in [2.05, 4.69) is 6.92 Å². The van der Waals surface area contributed by atoms with E-state index in [0.717, 1.165) is 30.6 Å². The Labute approximate surface area is 103 Å². The molecule has 3 heteroatoms. The van der Waals surface area contributed by atoms with E-state index in [1.807, 2.05) is 24.3 Å². The Morgan fingerprint density at radius 1 is 1.47 bits per heavy atom. The standard InChI is InChI=1S/C14H21NO2/c1-3-4-8-13(15)14(16)10-11-6-5-7-12(9-11)17-2/h5-7,9,13H,3-4,8,10,15H2,1-2H3. The van der Waals surface area contributed by atoms with Crippen LogP contribution in [0, 0.1) is 0 Å². The maximum atomic E-state index is 11.9. The molecule has 0 aliphatic rings. The highest BCUT2D eigenvalue weighted by Crippen LogP contribution is 2.14. The summed E-state index contributed by atoms with van der Waals surface area (Å²) in [5, 5.41) is 0. The van der Waals surface area contributed by atoms with E-state index < -0.39 is 0 Å². The highest BCUT2D eigenvalue weighted by atomic mass is 16.5. The Hall–Kier alpha value is -1.35. The highest BCUT2D eigenvalue weighted by Gasteiger charge is 2.13. The van der Waals surface area contributed by atoms with Crippen LogP contribution in [0.1, 0.15) is 31.7 Å². The average Bonchev–Trinajstić information content (AvgIpc) is 2.36. The lowest BCUT2D eigenvalue weighted by Gasteiger charge is -2.10. The summed E-state index contributed by atoms with van der Waals surface area (Å²) in [6.07, 6.45) is 3.24. The largest absolute Gasteiger partial charge is 0.497 e. The molecule has 0 spiro atoms. The normalized spacial score (nSPS) is 12.2. The second kappa shape index (κ2) is 7.07. The monoisotopic (exact) mass is 235 g/mol. The SMILES string of the molecule is CCCCC(N)C(=O)Cc1cccc(OC)c1. The van der Waals surface area contributed by atoms with Crippen LogP contribution in [0.25, 0.3) is 0 Å². The second-order valence-electron chi connectivity index (χ2n) is 4.24. The molecule has 0 aliphatic heterocycles. The summed E-state index contributed by atoms with van der Waals surface area (Å²) in [6, 6.07) is 7.22. The Morgan fingerprint density at radius 2 is 2.24 bits per heavy atom. The quantitative estimate of drug-likeness (QED) is 0.789. The number of hydrogen-bond acceptors (Lipinski definition) is 3. The summed E-state index contributed by atoms with van der Waals surface area (Å²) >= 11 is 0. The van der Waals surface area contributed by atoms with Gasteiger partial charge in [0.25, 0.3) is 0 Å². The lowest BCUT2D eigenvalue weighted by atomic mass is 10.0. The van der Waals surface area contributed by atoms with Gasteiger partial charge in [-0.3, -0.25) is 4.79 Å². The van der Waals surface area contributed by atoms with Gasteiger partial charge in [0, 0.05) is 6.42 Å². The molecule has 0 radical (unpaired) electrons. The summed E-state index contributed by atoms with van der Waals surface area (Å²) in [7, 11) is 1.62. The Bertz CT molecular complexity index is 363. The number of Topliss-reactive ketones (excluding diaryl/α,β-unsaturated/α-hetero) is 1. The number of nitrogens with two attached hydrogens (primary N) is 1. The van der Waals surface area contributed by atoms with E-state index in [-0.39, 0.29) is 11.8 Å². The van der Waals surface area contributed by atoms with Crippen molar-refractivity contribution in [1.82, 2.24) is 0 Å². The maximum Gasteiger partial charge on any atom is 0.153 e. The van der Waals surface area contributed by atoms with Crippen molar-refractivity contribution in [2.75, 3.05) is 7.11 Å². The molecule has 1 aromatic rings. The van der Waals surface area contributed by atoms with E-state index in [0.29, 0.717) is 6.42 Å². The molecule has 1 aromatic carbocycles. The molecule has 0 fully saturated rings. The van der Waals surface area contributed by atoms with E-state index in [1.54, 1.807) is 7.11 Å². The van der Waals surface area contributed by atoms with Crippen molar-refractivity contribution >= 4 is 5.78 Å². The van der Waals surface area contributed by atoms with Gasteiger partial charge in [-0.05, 0) is 24.1 Å². The summed E-state index contributed by atoms with van der Waals surface area (Å²) in [5.74, 6) is 0.879. The number of rotatable bonds is 7. The van der Waals surface area contributed by atoms with Gasteiger partial charge >= 0.3 is 0 Å². The molecular formula is C14H21NO2. The zero-order valence-corrected chi connectivity index (χ0v) is 10.6. The zero-order valence-electron chi connectivity index (χ0n) is 10.6. The maximum absolute atomic E-state index is 11.9. The van der Waals surface area contributed by atoms with Gasteiger partial charge in [-0.1, -0.05) is 31.9 Å². The zero-order chi connectivity index (χ0) is 12.7. The smallest absolute Gasteiger partial charge is 0.153 e. The summed E-state index contributed by atoms with van der Waals surface area (Å²) in [4.78, 5) is 11.9. The Balaban J connectivity index is 2.54. The third-order valence-electron chi connectivity index (χ3n) is 2.79. The molecule has 0 amide bonds. The number of hydrogen-bond donors (Lipinski definition) is 1. The topological polar surface area (TPSA) is 52.3 Å². The van der Waals surface area contributed by atoms with Crippen LogP contribution in [0.2, 0.25) is 0 Å². The third-order valence-corrected chi connectivity index (χ3v) is 2.79. The first-order valence-electron chi connectivity index (χ1n) is 6.08. The lowest BCUT2D eigenvalue weighted by Crippen LogP contribution is -2.31. The van der Waals surface area contributed by atoms with Gasteiger partial charge in [-0.2, -0.15) is 0 Å².